The van der Waals surface area contributed by atoms with Gasteiger partial charge < -0.3 is 4.57 Å². The molecule has 1 aromatic heterocycles. The van der Waals surface area contributed by atoms with Crippen LogP contribution >= 0.6 is 11.8 Å². The zero-order chi connectivity index (χ0) is 16.9. The van der Waals surface area contributed by atoms with Crippen LogP contribution in [0.15, 0.2) is 58.8 Å². The molecule has 0 aliphatic carbocycles. The highest BCUT2D eigenvalue weighted by Crippen LogP contribution is 2.22. The largest absolute Gasteiger partial charge is 0.322 e. The smallest absolute Gasteiger partial charge is 0.250 e. The van der Waals surface area contributed by atoms with E-state index in [9.17, 15) is 4.79 Å². The molecule has 5 nitrogen and oxygen atoms in total. The van der Waals surface area contributed by atoms with E-state index in [1.54, 1.807) is 6.21 Å². The normalized spacial score (nSPS) is 11.2. The molecule has 0 saturated heterocycles. The van der Waals surface area contributed by atoms with E-state index in [1.165, 1.54) is 17.3 Å². The molecular formula is C18H18N4OS. The van der Waals surface area contributed by atoms with Crippen LogP contribution in [0, 0.1) is 6.92 Å². The van der Waals surface area contributed by atoms with Gasteiger partial charge in [0.05, 0.1) is 23.0 Å². The third-order valence-corrected chi connectivity index (χ3v) is 4.59. The number of para-hydroxylation sites is 2. The summed E-state index contributed by atoms with van der Waals surface area (Å²) in [4.78, 5) is 16.4. The number of hydrazone groups is 1. The number of hydrogen-bond acceptors (Lipinski definition) is 4. The number of hydrogen-bond donors (Lipinski definition) is 1. The molecule has 1 amide bonds. The molecule has 0 aliphatic rings. The minimum absolute atomic E-state index is 0.157. The summed E-state index contributed by atoms with van der Waals surface area (Å²) >= 11 is 1.40. The van der Waals surface area contributed by atoms with Gasteiger partial charge in [-0.1, -0.05) is 53.7 Å². The van der Waals surface area contributed by atoms with E-state index >= 15 is 0 Å². The molecule has 0 radical (unpaired) electrons. The van der Waals surface area contributed by atoms with Crippen LogP contribution in [-0.2, 0) is 11.8 Å². The molecule has 1 N–H and O–H groups in total. The summed E-state index contributed by atoms with van der Waals surface area (Å²) in [6, 6.07) is 15.8. The fourth-order valence-electron chi connectivity index (χ4n) is 2.25. The summed E-state index contributed by atoms with van der Waals surface area (Å²) in [7, 11) is 1.95. The summed E-state index contributed by atoms with van der Waals surface area (Å²) in [5.74, 6) is 0.109. The fraction of sp³-hybridized carbons (Fsp3) is 0.167. The number of nitrogens with one attached hydrogen (secondary N) is 1. The monoisotopic (exact) mass is 338 g/mol. The Labute approximate surface area is 144 Å². The highest BCUT2D eigenvalue weighted by molar-refractivity contribution is 7.99. The summed E-state index contributed by atoms with van der Waals surface area (Å²) < 4.78 is 1.99. The minimum atomic E-state index is -0.157. The standard InChI is InChI=1S/C18H18N4OS/c1-13-7-9-14(10-8-13)11-19-21-17(23)12-24-18-20-15-5-3-4-6-16(15)22(18)2/h3-11H,12H2,1-2H3,(H,21,23). The number of fused-ring (bicyclic) bond motifs is 1. The molecule has 0 atom stereocenters. The predicted octanol–water partition coefficient (Wildman–Crippen LogP) is 3.12. The lowest BCUT2D eigenvalue weighted by Gasteiger charge is -2.01. The maximum atomic E-state index is 11.9. The Bertz CT molecular complexity index is 884. The minimum Gasteiger partial charge on any atom is -0.322 e. The second-order valence-electron chi connectivity index (χ2n) is 5.43. The Morgan fingerprint density at radius 3 is 2.75 bits per heavy atom. The lowest BCUT2D eigenvalue weighted by molar-refractivity contribution is -0.118. The number of imidazole rings is 1. The fourth-order valence-corrected chi connectivity index (χ4v) is 3.03. The molecule has 0 spiro atoms. The topological polar surface area (TPSA) is 59.3 Å². The van der Waals surface area contributed by atoms with Crippen molar-refractivity contribution < 1.29 is 4.79 Å². The summed E-state index contributed by atoms with van der Waals surface area (Å²) in [6.07, 6.45) is 1.64. The van der Waals surface area contributed by atoms with Crippen molar-refractivity contribution in [2.45, 2.75) is 12.1 Å². The number of amides is 1. The highest BCUT2D eigenvalue weighted by Gasteiger charge is 2.09. The van der Waals surface area contributed by atoms with Crippen molar-refractivity contribution in [3.05, 3.63) is 59.7 Å². The van der Waals surface area contributed by atoms with Crippen LogP contribution in [0.3, 0.4) is 0 Å². The lowest BCUT2D eigenvalue weighted by atomic mass is 10.2. The van der Waals surface area contributed by atoms with E-state index in [0.29, 0.717) is 0 Å². The van der Waals surface area contributed by atoms with Crippen molar-refractivity contribution in [2.24, 2.45) is 12.1 Å². The number of rotatable bonds is 5. The first-order chi connectivity index (χ1) is 11.6. The molecule has 0 fully saturated rings. The van der Waals surface area contributed by atoms with Gasteiger partial charge in [-0.25, -0.2) is 10.4 Å². The second kappa shape index (κ2) is 7.31. The number of carbonyl (C=O) groups is 1. The molecule has 0 bridgehead atoms. The van der Waals surface area contributed by atoms with Crippen molar-refractivity contribution in [1.29, 1.82) is 0 Å². The number of aryl methyl sites for hydroxylation is 2. The van der Waals surface area contributed by atoms with E-state index in [2.05, 4.69) is 15.5 Å². The second-order valence-corrected chi connectivity index (χ2v) is 6.38. The Balaban J connectivity index is 1.55. The van der Waals surface area contributed by atoms with E-state index < -0.39 is 0 Å². The molecule has 1 heterocycles. The number of aromatic nitrogens is 2. The Morgan fingerprint density at radius 1 is 1.25 bits per heavy atom. The van der Waals surface area contributed by atoms with Crippen molar-refractivity contribution >= 4 is 34.9 Å². The van der Waals surface area contributed by atoms with Crippen LogP contribution in [0.1, 0.15) is 11.1 Å². The molecule has 6 heteroatoms. The zero-order valence-corrected chi connectivity index (χ0v) is 14.4. The molecule has 0 saturated carbocycles. The maximum Gasteiger partial charge on any atom is 0.250 e. The molecule has 0 unspecified atom stereocenters. The van der Waals surface area contributed by atoms with Crippen molar-refractivity contribution in [2.75, 3.05) is 5.75 Å². The maximum absolute atomic E-state index is 11.9. The van der Waals surface area contributed by atoms with Gasteiger partial charge in [0, 0.05) is 7.05 Å². The molecule has 2 aromatic carbocycles. The zero-order valence-electron chi connectivity index (χ0n) is 13.6. The van der Waals surface area contributed by atoms with Crippen LogP contribution in [0.25, 0.3) is 11.0 Å². The van der Waals surface area contributed by atoms with Gasteiger partial charge >= 0.3 is 0 Å². The first-order valence-corrected chi connectivity index (χ1v) is 8.55. The van der Waals surface area contributed by atoms with Crippen LogP contribution in [0.5, 0.6) is 0 Å². The van der Waals surface area contributed by atoms with Crippen LogP contribution in [-0.4, -0.2) is 27.4 Å². The first-order valence-electron chi connectivity index (χ1n) is 7.56. The summed E-state index contributed by atoms with van der Waals surface area (Å²) in [5.41, 5.74) is 6.66. The molecular weight excluding hydrogens is 320 g/mol. The Hall–Kier alpha value is -2.60. The van der Waals surface area contributed by atoms with Gasteiger partial charge in [0.25, 0.3) is 5.91 Å². The van der Waals surface area contributed by atoms with Gasteiger partial charge in [-0.2, -0.15) is 5.10 Å². The van der Waals surface area contributed by atoms with Gasteiger partial charge in [0.15, 0.2) is 5.16 Å². The third kappa shape index (κ3) is 3.83. The molecule has 0 aliphatic heterocycles. The average molecular weight is 338 g/mol. The van der Waals surface area contributed by atoms with Crippen LogP contribution < -0.4 is 5.43 Å². The van der Waals surface area contributed by atoms with E-state index in [-0.39, 0.29) is 11.7 Å². The quantitative estimate of drug-likeness (QED) is 0.442. The Kier molecular flexibility index (Phi) is 4.96. The van der Waals surface area contributed by atoms with E-state index in [4.69, 9.17) is 0 Å². The number of carbonyl (C=O) groups excluding carboxylic acids is 1. The number of thioether (sulfide) groups is 1. The van der Waals surface area contributed by atoms with Gasteiger partial charge in [0.1, 0.15) is 0 Å². The Morgan fingerprint density at radius 2 is 2.00 bits per heavy atom. The van der Waals surface area contributed by atoms with E-state index in [0.717, 1.165) is 21.8 Å². The van der Waals surface area contributed by atoms with E-state index in [1.807, 2.05) is 67.1 Å². The van der Waals surface area contributed by atoms with Crippen molar-refractivity contribution in [1.82, 2.24) is 15.0 Å². The average Bonchev–Trinajstić information content (AvgIpc) is 2.91. The number of benzene rings is 2. The lowest BCUT2D eigenvalue weighted by Crippen LogP contribution is -2.19. The van der Waals surface area contributed by atoms with Crippen molar-refractivity contribution in [3.8, 4) is 0 Å². The van der Waals surface area contributed by atoms with Crippen molar-refractivity contribution in [3.63, 3.8) is 0 Å². The molecule has 3 aromatic rings. The summed E-state index contributed by atoms with van der Waals surface area (Å²) in [6.45, 7) is 2.03. The van der Waals surface area contributed by atoms with Gasteiger partial charge in [-0.15, -0.1) is 0 Å². The molecule has 24 heavy (non-hydrogen) atoms. The molecule has 3 rings (SSSR count). The van der Waals surface area contributed by atoms with Gasteiger partial charge in [-0.05, 0) is 24.6 Å². The predicted molar refractivity (Wildman–Crippen MR) is 98.4 cm³/mol. The highest BCUT2D eigenvalue weighted by atomic mass is 32.2. The third-order valence-electron chi connectivity index (χ3n) is 3.56. The first kappa shape index (κ1) is 16.3. The number of nitrogens with zero attached hydrogens (tertiary/aromatic N) is 3. The van der Waals surface area contributed by atoms with Crippen LogP contribution in [0.2, 0.25) is 0 Å². The summed E-state index contributed by atoms with van der Waals surface area (Å²) in [5, 5.41) is 4.80. The SMILES string of the molecule is Cc1ccc(C=NNC(=O)CSc2nc3ccccc3n2C)cc1. The van der Waals surface area contributed by atoms with Gasteiger partial charge in [-0.3, -0.25) is 4.79 Å². The van der Waals surface area contributed by atoms with Gasteiger partial charge in [0.2, 0.25) is 0 Å². The van der Waals surface area contributed by atoms with Crippen LogP contribution in [0.4, 0.5) is 0 Å². The molecule has 122 valence electrons.